The van der Waals surface area contributed by atoms with Crippen molar-refractivity contribution in [3.63, 3.8) is 0 Å². The molecule has 1 rings (SSSR count). The van der Waals surface area contributed by atoms with E-state index in [1.54, 1.807) is 10.4 Å². The van der Waals surface area contributed by atoms with E-state index in [4.69, 9.17) is 2.74 Å². The summed E-state index contributed by atoms with van der Waals surface area (Å²) in [6, 6.07) is 0. The first-order chi connectivity index (χ1) is 9.01. The van der Waals surface area contributed by atoms with Crippen LogP contribution in [-0.2, 0) is 0 Å². The van der Waals surface area contributed by atoms with Gasteiger partial charge in [0.15, 0.2) is 0 Å². The van der Waals surface area contributed by atoms with Crippen LogP contribution in [0.3, 0.4) is 0 Å². The summed E-state index contributed by atoms with van der Waals surface area (Å²) in [6.45, 7) is 25.7. The van der Waals surface area contributed by atoms with Crippen LogP contribution >= 0.6 is 0 Å². The number of rotatable bonds is 6. The Morgan fingerprint density at radius 2 is 1.32 bits per heavy atom. The van der Waals surface area contributed by atoms with Crippen LogP contribution in [0.25, 0.3) is 0 Å². The van der Waals surface area contributed by atoms with Gasteiger partial charge in [-0.3, -0.25) is 0 Å². The standard InChI is InChI=1S/C16H34Si3/c1-11-12-13-16(19(8,9)10)14(17(2,3)4)15(16)18(5,6)7/h11H,1,12-13H2,2-10H3/i12D2. The fourth-order valence-corrected chi connectivity index (χ4v) is 18.0. The summed E-state index contributed by atoms with van der Waals surface area (Å²) in [4.78, 5) is 0. The van der Waals surface area contributed by atoms with Crippen molar-refractivity contribution in [2.45, 2.75) is 76.8 Å². The minimum absolute atomic E-state index is 0.125. The van der Waals surface area contributed by atoms with Crippen molar-refractivity contribution in [3.05, 3.63) is 23.0 Å². The molecular formula is C16H34Si3. The Kier molecular flexibility index (Phi) is 3.59. The summed E-state index contributed by atoms with van der Waals surface area (Å²) in [5.74, 6) is 0. The molecule has 0 amide bonds. The smallest absolute Gasteiger partial charge is 0.0726 e. The lowest BCUT2D eigenvalue weighted by molar-refractivity contribution is 0.766. The van der Waals surface area contributed by atoms with Crippen LogP contribution < -0.4 is 0 Å². The molecule has 0 unspecified atom stereocenters. The average molecular weight is 313 g/mol. The van der Waals surface area contributed by atoms with Gasteiger partial charge in [-0.1, -0.05) is 75.4 Å². The lowest BCUT2D eigenvalue weighted by atomic mass is 10.2. The first-order valence-corrected chi connectivity index (χ1v) is 17.9. The molecule has 0 heterocycles. The molecule has 0 bridgehead atoms. The van der Waals surface area contributed by atoms with Crippen molar-refractivity contribution in [2.24, 2.45) is 0 Å². The third-order valence-electron chi connectivity index (χ3n) is 4.33. The monoisotopic (exact) mass is 312 g/mol. The Balaban J connectivity index is 3.47. The van der Waals surface area contributed by atoms with Crippen LogP contribution in [0.5, 0.6) is 0 Å². The topological polar surface area (TPSA) is 0 Å². The molecule has 0 aliphatic heterocycles. The van der Waals surface area contributed by atoms with Crippen LogP contribution in [0, 0.1) is 0 Å². The highest BCUT2D eigenvalue weighted by atomic mass is 28.3. The van der Waals surface area contributed by atoms with E-state index >= 15 is 0 Å². The van der Waals surface area contributed by atoms with E-state index in [0.29, 0.717) is 6.42 Å². The second-order valence-corrected chi connectivity index (χ2v) is 24.3. The number of hydrogen-bond donors (Lipinski definition) is 0. The van der Waals surface area contributed by atoms with E-state index in [1.807, 2.05) is 0 Å². The van der Waals surface area contributed by atoms with Gasteiger partial charge in [-0.2, -0.15) is 0 Å². The molecule has 0 saturated carbocycles. The third kappa shape index (κ3) is 2.93. The lowest BCUT2D eigenvalue weighted by Gasteiger charge is -2.37. The molecule has 0 aromatic rings. The van der Waals surface area contributed by atoms with Crippen LogP contribution in [0.1, 0.15) is 15.5 Å². The second-order valence-electron chi connectivity index (χ2n) is 8.99. The van der Waals surface area contributed by atoms with Gasteiger partial charge in [-0.25, -0.2) is 0 Å². The van der Waals surface area contributed by atoms with Gasteiger partial charge in [0.25, 0.3) is 0 Å². The van der Waals surface area contributed by atoms with E-state index in [9.17, 15) is 0 Å². The number of allylic oxidation sites excluding steroid dienone is 3. The molecule has 19 heavy (non-hydrogen) atoms. The highest BCUT2D eigenvalue weighted by Crippen LogP contribution is 2.73. The molecule has 0 fully saturated rings. The molecule has 0 spiro atoms. The summed E-state index contributed by atoms with van der Waals surface area (Å²) in [6.07, 6.45) is 0.905. The van der Waals surface area contributed by atoms with Gasteiger partial charge >= 0.3 is 0 Å². The first-order valence-electron chi connectivity index (χ1n) is 8.40. The minimum Gasteiger partial charge on any atom is -0.103 e. The maximum Gasteiger partial charge on any atom is 0.0726 e. The van der Waals surface area contributed by atoms with E-state index < -0.39 is 30.6 Å². The van der Waals surface area contributed by atoms with Gasteiger partial charge in [0, 0.05) is 2.74 Å². The van der Waals surface area contributed by atoms with Crippen LogP contribution in [-0.4, -0.2) is 24.2 Å². The summed E-state index contributed by atoms with van der Waals surface area (Å²) < 4.78 is 16.6. The van der Waals surface area contributed by atoms with Crippen molar-refractivity contribution < 1.29 is 2.74 Å². The molecule has 0 aromatic heterocycles. The molecule has 110 valence electrons. The molecule has 1 aliphatic carbocycles. The Hall–Kier alpha value is 0.131. The van der Waals surface area contributed by atoms with E-state index in [-0.39, 0.29) is 5.04 Å². The third-order valence-corrected chi connectivity index (χ3v) is 12.7. The van der Waals surface area contributed by atoms with Crippen LogP contribution in [0.15, 0.2) is 23.0 Å². The normalized spacial score (nSPS) is 21.9. The van der Waals surface area contributed by atoms with E-state index in [1.165, 1.54) is 6.08 Å². The summed E-state index contributed by atoms with van der Waals surface area (Å²) in [5.41, 5.74) is 0. The van der Waals surface area contributed by atoms with E-state index in [0.717, 1.165) is 0 Å². The zero-order chi connectivity index (χ0) is 17.1. The van der Waals surface area contributed by atoms with Crippen LogP contribution in [0.2, 0.25) is 64.0 Å². The maximum absolute atomic E-state index is 8.31. The predicted molar refractivity (Wildman–Crippen MR) is 99.2 cm³/mol. The molecule has 0 saturated heterocycles. The molecule has 0 aromatic carbocycles. The highest BCUT2D eigenvalue weighted by molar-refractivity contribution is 7.00. The fraction of sp³-hybridized carbons (Fsp3) is 0.750. The molecule has 1 aliphatic rings. The van der Waals surface area contributed by atoms with Gasteiger partial charge in [-0.05, 0) is 17.8 Å². The van der Waals surface area contributed by atoms with Crippen molar-refractivity contribution in [1.29, 1.82) is 0 Å². The Morgan fingerprint density at radius 3 is 1.53 bits per heavy atom. The highest BCUT2D eigenvalue weighted by Gasteiger charge is 2.65. The SMILES string of the molecule is [2H]C([2H])(C=C)CC1([Si](C)(C)C)C([Si](C)(C)C)=C1[Si](C)(C)C. The first kappa shape index (κ1) is 14.1. The zero-order valence-corrected chi connectivity index (χ0v) is 17.5. The number of hydrogen-bond acceptors (Lipinski definition) is 0. The predicted octanol–water partition coefficient (Wildman–Crippen LogP) is 6.10. The van der Waals surface area contributed by atoms with Gasteiger partial charge in [0.2, 0.25) is 0 Å². The molecule has 0 atom stereocenters. The van der Waals surface area contributed by atoms with Gasteiger partial charge in [-0.15, -0.1) is 6.58 Å². The maximum atomic E-state index is 8.31. The largest absolute Gasteiger partial charge is 0.103 e. The van der Waals surface area contributed by atoms with Crippen molar-refractivity contribution >= 4 is 24.2 Å². The fourth-order valence-electron chi connectivity index (χ4n) is 3.77. The second kappa shape index (κ2) is 4.85. The summed E-state index contributed by atoms with van der Waals surface area (Å²) in [7, 11) is -4.35. The quantitative estimate of drug-likeness (QED) is 0.411. The molecule has 3 heteroatoms. The summed E-state index contributed by atoms with van der Waals surface area (Å²) >= 11 is 0. The Bertz CT molecular complexity index is 447. The molecule has 0 N–H and O–H groups in total. The van der Waals surface area contributed by atoms with Crippen LogP contribution in [0.4, 0.5) is 0 Å². The van der Waals surface area contributed by atoms with E-state index in [2.05, 4.69) is 65.5 Å². The van der Waals surface area contributed by atoms with Crippen molar-refractivity contribution in [3.8, 4) is 0 Å². The lowest BCUT2D eigenvalue weighted by Crippen LogP contribution is -2.39. The molecular weight excluding hydrogens is 276 g/mol. The molecule has 0 nitrogen and oxygen atoms in total. The van der Waals surface area contributed by atoms with Crippen molar-refractivity contribution in [2.75, 3.05) is 0 Å². The van der Waals surface area contributed by atoms with Gasteiger partial charge < -0.3 is 0 Å². The van der Waals surface area contributed by atoms with Crippen molar-refractivity contribution in [1.82, 2.24) is 0 Å². The Labute approximate surface area is 127 Å². The molecule has 0 radical (unpaired) electrons. The zero-order valence-electron chi connectivity index (χ0n) is 16.5. The van der Waals surface area contributed by atoms with Gasteiger partial charge in [0.05, 0.1) is 24.2 Å². The minimum atomic E-state index is -1.54. The van der Waals surface area contributed by atoms with Gasteiger partial charge in [0.1, 0.15) is 0 Å². The average Bonchev–Trinajstić information content (AvgIpc) is 2.86. The summed E-state index contributed by atoms with van der Waals surface area (Å²) in [5, 5.41) is 3.57. The Morgan fingerprint density at radius 1 is 0.947 bits per heavy atom.